The topological polar surface area (TPSA) is 56.8 Å². The molecule has 2 aromatic rings. The van der Waals surface area contributed by atoms with Gasteiger partial charge >= 0.3 is 0 Å². The molecule has 0 radical (unpaired) electrons. The van der Waals surface area contributed by atoms with Gasteiger partial charge in [-0.3, -0.25) is 4.79 Å². The highest BCUT2D eigenvalue weighted by atomic mass is 35.5. The maximum absolute atomic E-state index is 12.6. The molecule has 0 saturated heterocycles. The van der Waals surface area contributed by atoms with E-state index in [0.29, 0.717) is 23.8 Å². The molecule has 1 N–H and O–H groups in total. The summed E-state index contributed by atoms with van der Waals surface area (Å²) in [5.74, 6) is 1.98. The maximum Gasteiger partial charge on any atom is 0.231 e. The van der Waals surface area contributed by atoms with Crippen LogP contribution in [0, 0.1) is 5.92 Å². The lowest BCUT2D eigenvalue weighted by molar-refractivity contribution is -0.126. The van der Waals surface area contributed by atoms with Crippen molar-refractivity contribution in [2.24, 2.45) is 5.92 Å². The van der Waals surface area contributed by atoms with Crippen LogP contribution in [0.25, 0.3) is 0 Å². The zero-order valence-corrected chi connectivity index (χ0v) is 14.5. The monoisotopic (exact) mass is 359 g/mol. The highest BCUT2D eigenvalue weighted by Crippen LogP contribution is 2.34. The summed E-state index contributed by atoms with van der Waals surface area (Å²) in [7, 11) is 0. The van der Waals surface area contributed by atoms with Gasteiger partial charge in [-0.05, 0) is 54.8 Å². The third kappa shape index (κ3) is 3.24. The molecule has 130 valence electrons. The van der Waals surface area contributed by atoms with Crippen molar-refractivity contribution in [3.63, 3.8) is 0 Å². The molecule has 0 saturated carbocycles. The van der Waals surface area contributed by atoms with Crippen LogP contribution in [0.5, 0.6) is 17.2 Å². The number of nitrogens with one attached hydrogen (secondary N) is 1. The fourth-order valence-corrected chi connectivity index (χ4v) is 3.32. The van der Waals surface area contributed by atoms with Crippen molar-refractivity contribution in [1.82, 2.24) is 5.32 Å². The van der Waals surface area contributed by atoms with Crippen LogP contribution in [0.4, 0.5) is 0 Å². The van der Waals surface area contributed by atoms with Gasteiger partial charge < -0.3 is 19.5 Å². The van der Waals surface area contributed by atoms with Gasteiger partial charge in [0.1, 0.15) is 12.4 Å². The van der Waals surface area contributed by atoms with E-state index >= 15 is 0 Å². The van der Waals surface area contributed by atoms with Crippen LogP contribution < -0.4 is 19.5 Å². The zero-order valence-electron chi connectivity index (χ0n) is 13.8. The lowest BCUT2D eigenvalue weighted by Crippen LogP contribution is -2.38. The van der Waals surface area contributed by atoms with Crippen LogP contribution in [0.3, 0.4) is 0 Å². The number of carbonyl (C=O) groups is 1. The number of ether oxygens (including phenoxy) is 3. The molecule has 2 aliphatic heterocycles. The van der Waals surface area contributed by atoms with Gasteiger partial charge in [-0.2, -0.15) is 0 Å². The number of rotatable bonds is 3. The molecule has 2 aliphatic rings. The summed E-state index contributed by atoms with van der Waals surface area (Å²) in [5, 5.41) is 3.70. The van der Waals surface area contributed by atoms with Crippen LogP contribution in [0.15, 0.2) is 36.4 Å². The number of fused-ring (bicyclic) bond motifs is 2. The highest BCUT2D eigenvalue weighted by molar-refractivity contribution is 6.30. The summed E-state index contributed by atoms with van der Waals surface area (Å²) < 4.78 is 16.4. The molecular formula is C19H18ClNO4. The molecule has 5 nitrogen and oxygen atoms in total. The average molecular weight is 360 g/mol. The fraction of sp³-hybridized carbons (Fsp3) is 0.316. The molecule has 0 fully saturated rings. The summed E-state index contributed by atoms with van der Waals surface area (Å²) in [6, 6.07) is 11.1. The minimum absolute atomic E-state index is 0.0317. The van der Waals surface area contributed by atoms with E-state index in [1.54, 1.807) is 6.07 Å². The Balaban J connectivity index is 1.43. The lowest BCUT2D eigenvalue weighted by Gasteiger charge is -2.26. The summed E-state index contributed by atoms with van der Waals surface area (Å²) in [5.41, 5.74) is 1.94. The first kappa shape index (κ1) is 16.1. The number of hydrogen-bond donors (Lipinski definition) is 1. The molecule has 2 atom stereocenters. The van der Waals surface area contributed by atoms with Crippen molar-refractivity contribution in [1.29, 1.82) is 0 Å². The summed E-state index contributed by atoms with van der Waals surface area (Å²) in [6.07, 6.45) is 0.621. The number of benzene rings is 2. The van der Waals surface area contributed by atoms with E-state index < -0.39 is 0 Å². The van der Waals surface area contributed by atoms with Gasteiger partial charge in [0.25, 0.3) is 0 Å². The first-order chi connectivity index (χ1) is 12.1. The zero-order chi connectivity index (χ0) is 17.4. The van der Waals surface area contributed by atoms with Crippen molar-refractivity contribution in [2.45, 2.75) is 19.4 Å². The Kier molecular flexibility index (Phi) is 4.17. The number of hydrogen-bond acceptors (Lipinski definition) is 4. The van der Waals surface area contributed by atoms with E-state index in [4.69, 9.17) is 25.8 Å². The minimum Gasteiger partial charge on any atom is -0.492 e. The smallest absolute Gasteiger partial charge is 0.231 e. The molecule has 0 aromatic heterocycles. The number of amides is 1. The maximum atomic E-state index is 12.6. The van der Waals surface area contributed by atoms with Crippen molar-refractivity contribution >= 4 is 17.5 Å². The van der Waals surface area contributed by atoms with Gasteiger partial charge in [0.2, 0.25) is 12.7 Å². The summed E-state index contributed by atoms with van der Waals surface area (Å²) in [4.78, 5) is 12.6. The van der Waals surface area contributed by atoms with Crippen LogP contribution in [-0.4, -0.2) is 19.3 Å². The molecule has 0 aliphatic carbocycles. The SMILES string of the molecule is C[C@H](NC(=O)[C@H]1COc2ccc(Cl)cc2C1)c1ccc2c(c1)OCO2. The van der Waals surface area contributed by atoms with Crippen LogP contribution in [0.1, 0.15) is 24.1 Å². The molecule has 2 heterocycles. The standard InChI is InChI=1S/C19H18ClNO4/c1-11(12-2-4-17-18(8-12)25-10-24-17)21-19(22)14-6-13-7-15(20)3-5-16(13)23-9-14/h2-5,7-8,11,14H,6,9-10H2,1H3,(H,21,22)/t11-,14+/m0/s1. The van der Waals surface area contributed by atoms with E-state index in [2.05, 4.69) is 5.32 Å². The van der Waals surface area contributed by atoms with E-state index in [9.17, 15) is 4.79 Å². The van der Waals surface area contributed by atoms with Crippen LogP contribution >= 0.6 is 11.6 Å². The van der Waals surface area contributed by atoms with Gasteiger partial charge in [-0.25, -0.2) is 0 Å². The van der Waals surface area contributed by atoms with Crippen LogP contribution in [0.2, 0.25) is 5.02 Å². The Hall–Kier alpha value is -2.40. The van der Waals surface area contributed by atoms with Gasteiger partial charge in [0.05, 0.1) is 12.0 Å². The second-order valence-electron chi connectivity index (χ2n) is 6.31. The third-order valence-corrected chi connectivity index (χ3v) is 4.79. The van der Waals surface area contributed by atoms with Crippen molar-refractivity contribution in [2.75, 3.05) is 13.4 Å². The van der Waals surface area contributed by atoms with Crippen molar-refractivity contribution in [3.8, 4) is 17.2 Å². The predicted molar refractivity (Wildman–Crippen MR) is 93.3 cm³/mol. The summed E-state index contributed by atoms with van der Waals surface area (Å²) >= 11 is 6.04. The quantitative estimate of drug-likeness (QED) is 0.911. The third-order valence-electron chi connectivity index (χ3n) is 4.56. The molecule has 4 rings (SSSR count). The van der Waals surface area contributed by atoms with Gasteiger partial charge in [-0.15, -0.1) is 0 Å². The first-order valence-corrected chi connectivity index (χ1v) is 8.59. The fourth-order valence-electron chi connectivity index (χ4n) is 3.13. The second kappa shape index (κ2) is 6.48. The Morgan fingerprint density at radius 1 is 1.12 bits per heavy atom. The summed E-state index contributed by atoms with van der Waals surface area (Å²) in [6.45, 7) is 2.55. The van der Waals surface area contributed by atoms with E-state index in [0.717, 1.165) is 22.6 Å². The molecular weight excluding hydrogens is 342 g/mol. The highest BCUT2D eigenvalue weighted by Gasteiger charge is 2.27. The molecule has 25 heavy (non-hydrogen) atoms. The minimum atomic E-state index is -0.234. The molecule has 2 aromatic carbocycles. The van der Waals surface area contributed by atoms with Crippen LogP contribution in [-0.2, 0) is 11.2 Å². The van der Waals surface area contributed by atoms with Crippen molar-refractivity contribution in [3.05, 3.63) is 52.5 Å². The van der Waals surface area contributed by atoms with E-state index in [1.807, 2.05) is 37.3 Å². The van der Waals surface area contributed by atoms with Gasteiger partial charge in [0, 0.05) is 5.02 Å². The molecule has 0 unspecified atom stereocenters. The van der Waals surface area contributed by atoms with Crippen molar-refractivity contribution < 1.29 is 19.0 Å². The normalized spacial score (nSPS) is 18.9. The predicted octanol–water partition coefficient (Wildman–Crippen LogP) is 3.50. The second-order valence-corrected chi connectivity index (χ2v) is 6.74. The Labute approximate surface area is 150 Å². The molecule has 0 bridgehead atoms. The lowest BCUT2D eigenvalue weighted by atomic mass is 9.95. The Morgan fingerprint density at radius 2 is 1.92 bits per heavy atom. The first-order valence-electron chi connectivity index (χ1n) is 8.21. The van der Waals surface area contributed by atoms with E-state index in [-0.39, 0.29) is 24.7 Å². The molecule has 6 heteroatoms. The average Bonchev–Trinajstić information content (AvgIpc) is 3.08. The molecule has 1 amide bonds. The van der Waals surface area contributed by atoms with E-state index in [1.165, 1.54) is 0 Å². The number of carbonyl (C=O) groups excluding carboxylic acids is 1. The Bertz CT molecular complexity index is 823. The molecule has 0 spiro atoms. The largest absolute Gasteiger partial charge is 0.492 e. The van der Waals surface area contributed by atoms with Gasteiger partial charge in [0.15, 0.2) is 11.5 Å². The Morgan fingerprint density at radius 3 is 2.80 bits per heavy atom. The number of halogens is 1. The van der Waals surface area contributed by atoms with Gasteiger partial charge in [-0.1, -0.05) is 17.7 Å².